The number of carbonyl (C=O) groups excluding carboxylic acids is 1. The van der Waals surface area contributed by atoms with Gasteiger partial charge >= 0.3 is 5.97 Å². The van der Waals surface area contributed by atoms with Gasteiger partial charge in [-0.05, 0) is 64.3 Å². The van der Waals surface area contributed by atoms with Crippen LogP contribution < -0.4 is 0 Å². The minimum absolute atomic E-state index is 0. The van der Waals surface area contributed by atoms with E-state index < -0.39 is 0 Å². The molecule has 2 unspecified atom stereocenters. The van der Waals surface area contributed by atoms with Crippen LogP contribution in [0.15, 0.2) is 29.7 Å². The van der Waals surface area contributed by atoms with E-state index in [0.717, 1.165) is 30.7 Å². The van der Waals surface area contributed by atoms with Crippen molar-refractivity contribution < 1.29 is 9.53 Å². The number of hydrogen-bond donors (Lipinski definition) is 0. The highest BCUT2D eigenvalue weighted by molar-refractivity contribution is 7.10. The van der Waals surface area contributed by atoms with Crippen LogP contribution in [0.4, 0.5) is 0 Å². The molecule has 1 heterocycles. The van der Waals surface area contributed by atoms with Crippen LogP contribution in [0.5, 0.6) is 0 Å². The van der Waals surface area contributed by atoms with Crippen molar-refractivity contribution in [1.29, 1.82) is 0 Å². The summed E-state index contributed by atoms with van der Waals surface area (Å²) in [5.41, 5.74) is 0. The third-order valence-electron chi connectivity index (χ3n) is 4.74. The van der Waals surface area contributed by atoms with Crippen molar-refractivity contribution in [2.24, 2.45) is 5.92 Å². The summed E-state index contributed by atoms with van der Waals surface area (Å²) < 4.78 is 5.70. The molecule has 0 bridgehead atoms. The first kappa shape index (κ1) is 22.2. The highest BCUT2D eigenvalue weighted by Crippen LogP contribution is 2.35. The van der Waals surface area contributed by atoms with E-state index in [2.05, 4.69) is 50.8 Å². The number of ether oxygens (including phenoxy) is 1. The van der Waals surface area contributed by atoms with Gasteiger partial charge in [0, 0.05) is 23.5 Å². The molecule has 0 aliphatic heterocycles. The topological polar surface area (TPSA) is 29.5 Å². The Morgan fingerprint density at radius 3 is 2.56 bits per heavy atom. The summed E-state index contributed by atoms with van der Waals surface area (Å²) in [5.74, 6) is 0.0609. The molecule has 2 rings (SSSR count). The SMILES string of the molecule is CC(C)N(CCOC(=O)C(c1cccs1)C1C=CCCC1)C(C)C.Cl. The van der Waals surface area contributed by atoms with Gasteiger partial charge in [0.25, 0.3) is 0 Å². The molecule has 1 aliphatic carbocycles. The average Bonchev–Trinajstić information content (AvgIpc) is 3.06. The van der Waals surface area contributed by atoms with Gasteiger partial charge in [-0.15, -0.1) is 23.7 Å². The van der Waals surface area contributed by atoms with Gasteiger partial charge in [-0.2, -0.15) is 0 Å². The molecule has 0 saturated heterocycles. The fourth-order valence-electron chi connectivity index (χ4n) is 3.54. The number of rotatable bonds is 8. The molecule has 25 heavy (non-hydrogen) atoms. The minimum Gasteiger partial charge on any atom is -0.464 e. The van der Waals surface area contributed by atoms with Gasteiger partial charge in [0.1, 0.15) is 6.61 Å². The van der Waals surface area contributed by atoms with Crippen LogP contribution in [-0.2, 0) is 9.53 Å². The smallest absolute Gasteiger partial charge is 0.314 e. The van der Waals surface area contributed by atoms with Gasteiger partial charge < -0.3 is 4.74 Å². The standard InChI is InChI=1S/C20H31NO2S.ClH/c1-15(2)21(16(3)4)12-13-23-20(22)19(18-11-8-14-24-18)17-9-6-5-7-10-17;/h6,8-9,11,14-17,19H,5,7,10,12-13H2,1-4H3;1H. The van der Waals surface area contributed by atoms with E-state index in [-0.39, 0.29) is 30.2 Å². The van der Waals surface area contributed by atoms with Crippen LogP contribution in [0.1, 0.15) is 57.8 Å². The molecule has 0 spiro atoms. The zero-order chi connectivity index (χ0) is 17.5. The Bertz CT molecular complexity index is 520. The van der Waals surface area contributed by atoms with Crippen LogP contribution in [0.2, 0.25) is 0 Å². The quantitative estimate of drug-likeness (QED) is 0.450. The van der Waals surface area contributed by atoms with Gasteiger partial charge in [-0.25, -0.2) is 0 Å². The molecule has 0 aromatic carbocycles. The maximum absolute atomic E-state index is 12.8. The minimum atomic E-state index is -0.145. The summed E-state index contributed by atoms with van der Waals surface area (Å²) >= 11 is 1.66. The maximum atomic E-state index is 12.8. The summed E-state index contributed by atoms with van der Waals surface area (Å²) in [5, 5.41) is 2.04. The third kappa shape index (κ3) is 6.43. The van der Waals surface area contributed by atoms with E-state index in [0.29, 0.717) is 18.7 Å². The van der Waals surface area contributed by atoms with Gasteiger partial charge in [0.2, 0.25) is 0 Å². The summed E-state index contributed by atoms with van der Waals surface area (Å²) in [7, 11) is 0. The van der Waals surface area contributed by atoms with Crippen LogP contribution in [0.3, 0.4) is 0 Å². The molecule has 5 heteroatoms. The van der Waals surface area contributed by atoms with Crippen molar-refractivity contribution in [2.75, 3.05) is 13.2 Å². The lowest BCUT2D eigenvalue weighted by Gasteiger charge is -2.30. The first-order chi connectivity index (χ1) is 11.5. The molecule has 1 aromatic heterocycles. The predicted molar refractivity (Wildman–Crippen MR) is 109 cm³/mol. The number of esters is 1. The molecule has 3 nitrogen and oxygen atoms in total. The Kier molecular flexibility index (Phi) is 9.77. The van der Waals surface area contributed by atoms with E-state index in [4.69, 9.17) is 4.74 Å². The zero-order valence-electron chi connectivity index (χ0n) is 15.8. The molecular formula is C20H32ClNO2S. The van der Waals surface area contributed by atoms with Crippen LogP contribution in [-0.4, -0.2) is 36.1 Å². The Labute approximate surface area is 162 Å². The van der Waals surface area contributed by atoms with Crippen molar-refractivity contribution >= 4 is 29.7 Å². The Morgan fingerprint density at radius 1 is 1.32 bits per heavy atom. The van der Waals surface area contributed by atoms with Crippen LogP contribution in [0, 0.1) is 5.92 Å². The summed E-state index contributed by atoms with van der Waals surface area (Å²) in [4.78, 5) is 16.3. The average molecular weight is 386 g/mol. The maximum Gasteiger partial charge on any atom is 0.314 e. The number of carbonyl (C=O) groups is 1. The molecule has 0 radical (unpaired) electrons. The normalized spacial score (nSPS) is 18.4. The highest BCUT2D eigenvalue weighted by Gasteiger charge is 2.31. The lowest BCUT2D eigenvalue weighted by Crippen LogP contribution is -2.40. The molecule has 1 aliphatic rings. The molecule has 0 saturated carbocycles. The van der Waals surface area contributed by atoms with Crippen molar-refractivity contribution in [1.82, 2.24) is 4.90 Å². The number of thiophene rings is 1. The van der Waals surface area contributed by atoms with Gasteiger partial charge in [0.05, 0.1) is 5.92 Å². The molecule has 0 N–H and O–H groups in total. The first-order valence-electron chi connectivity index (χ1n) is 9.13. The summed E-state index contributed by atoms with van der Waals surface area (Å²) in [6, 6.07) is 5.00. The van der Waals surface area contributed by atoms with Crippen molar-refractivity contribution in [3.05, 3.63) is 34.5 Å². The Hall–Kier alpha value is -0.840. The highest BCUT2D eigenvalue weighted by atomic mass is 35.5. The number of allylic oxidation sites excluding steroid dienone is 2. The Balaban J connectivity index is 0.00000312. The lowest BCUT2D eigenvalue weighted by atomic mass is 9.83. The van der Waals surface area contributed by atoms with Gasteiger partial charge in [0.15, 0.2) is 0 Å². The van der Waals surface area contributed by atoms with Crippen molar-refractivity contribution in [3.8, 4) is 0 Å². The van der Waals surface area contributed by atoms with Crippen LogP contribution in [0.25, 0.3) is 0 Å². The summed E-state index contributed by atoms with van der Waals surface area (Å²) in [6.07, 6.45) is 7.77. The number of nitrogens with zero attached hydrogens (tertiary/aromatic N) is 1. The van der Waals surface area contributed by atoms with E-state index in [1.165, 1.54) is 0 Å². The second kappa shape index (κ2) is 11.0. The van der Waals surface area contributed by atoms with E-state index in [9.17, 15) is 4.79 Å². The zero-order valence-corrected chi connectivity index (χ0v) is 17.4. The lowest BCUT2D eigenvalue weighted by molar-refractivity contribution is -0.147. The van der Waals surface area contributed by atoms with Gasteiger partial charge in [-0.1, -0.05) is 18.2 Å². The van der Waals surface area contributed by atoms with Crippen molar-refractivity contribution in [3.63, 3.8) is 0 Å². The van der Waals surface area contributed by atoms with E-state index >= 15 is 0 Å². The largest absolute Gasteiger partial charge is 0.464 e. The first-order valence-corrected chi connectivity index (χ1v) is 10.0. The molecular weight excluding hydrogens is 354 g/mol. The van der Waals surface area contributed by atoms with Crippen LogP contribution >= 0.6 is 23.7 Å². The molecule has 0 amide bonds. The fourth-order valence-corrected chi connectivity index (χ4v) is 4.43. The Morgan fingerprint density at radius 2 is 2.04 bits per heavy atom. The fraction of sp³-hybridized carbons (Fsp3) is 0.650. The second-order valence-corrected chi connectivity index (χ2v) is 8.09. The molecule has 142 valence electrons. The monoisotopic (exact) mass is 385 g/mol. The molecule has 0 fully saturated rings. The summed E-state index contributed by atoms with van der Waals surface area (Å²) in [6.45, 7) is 9.99. The third-order valence-corrected chi connectivity index (χ3v) is 5.70. The van der Waals surface area contributed by atoms with E-state index in [1.807, 2.05) is 11.4 Å². The van der Waals surface area contributed by atoms with E-state index in [1.54, 1.807) is 11.3 Å². The number of halogens is 1. The second-order valence-electron chi connectivity index (χ2n) is 7.11. The molecule has 1 aromatic rings. The predicted octanol–water partition coefficient (Wildman–Crippen LogP) is 5.27. The van der Waals surface area contributed by atoms with Gasteiger partial charge in [-0.3, -0.25) is 9.69 Å². The number of hydrogen-bond acceptors (Lipinski definition) is 4. The molecule has 2 atom stereocenters. The van der Waals surface area contributed by atoms with Crippen molar-refractivity contribution in [2.45, 2.75) is 65.0 Å².